The van der Waals surface area contributed by atoms with Crippen molar-refractivity contribution in [3.8, 4) is 0 Å². The number of rotatable bonds is 3. The lowest BCUT2D eigenvalue weighted by Crippen LogP contribution is -2.40. The van der Waals surface area contributed by atoms with Gasteiger partial charge in [-0.1, -0.05) is 29.3 Å². The maximum Gasteiger partial charge on any atom is 0.328 e. The van der Waals surface area contributed by atoms with Crippen LogP contribution < -0.4 is 0 Å². The number of esters is 1. The van der Waals surface area contributed by atoms with Crippen LogP contribution in [-0.2, 0) is 14.3 Å². The van der Waals surface area contributed by atoms with Gasteiger partial charge in [0.25, 0.3) is 0 Å². The average molecular weight is 275 g/mol. The second-order valence-corrected chi connectivity index (χ2v) is 5.48. The topological polar surface area (TPSA) is 46.6 Å². The second-order valence-electron chi connectivity index (χ2n) is 5.48. The van der Waals surface area contributed by atoms with Crippen LogP contribution in [0.3, 0.4) is 0 Å². The highest BCUT2D eigenvalue weighted by molar-refractivity contribution is 5.88. The minimum Gasteiger partial charge on any atom is -0.467 e. The third kappa shape index (κ3) is 2.69. The highest BCUT2D eigenvalue weighted by Gasteiger charge is 2.39. The molecule has 0 bridgehead atoms. The normalized spacial score (nSPS) is 20.1. The molecule has 2 atom stereocenters. The van der Waals surface area contributed by atoms with Crippen LogP contribution in [0.15, 0.2) is 18.2 Å². The van der Waals surface area contributed by atoms with E-state index in [4.69, 9.17) is 4.74 Å². The molecule has 0 aliphatic carbocycles. The predicted molar refractivity (Wildman–Crippen MR) is 76.2 cm³/mol. The van der Waals surface area contributed by atoms with Crippen molar-refractivity contribution < 1.29 is 14.3 Å². The van der Waals surface area contributed by atoms with Gasteiger partial charge in [-0.3, -0.25) is 4.79 Å². The van der Waals surface area contributed by atoms with Crippen molar-refractivity contribution in [3.05, 3.63) is 34.9 Å². The fraction of sp³-hybridized carbons (Fsp3) is 0.500. The Morgan fingerprint density at radius 2 is 1.90 bits per heavy atom. The molecule has 2 rings (SSSR count). The molecule has 4 heteroatoms. The van der Waals surface area contributed by atoms with Gasteiger partial charge in [0, 0.05) is 6.42 Å². The maximum absolute atomic E-state index is 12.1. The number of ether oxygens (including phenoxy) is 1. The van der Waals surface area contributed by atoms with E-state index in [9.17, 15) is 9.59 Å². The molecule has 1 aliphatic rings. The van der Waals surface area contributed by atoms with E-state index in [1.165, 1.54) is 7.11 Å². The first-order valence-electron chi connectivity index (χ1n) is 6.91. The zero-order valence-corrected chi connectivity index (χ0v) is 12.5. The number of likely N-dealkylation sites (tertiary alicyclic amines) is 1. The number of aryl methyl sites for hydroxylation is 2. The summed E-state index contributed by atoms with van der Waals surface area (Å²) in [5.41, 5.74) is 3.38. The summed E-state index contributed by atoms with van der Waals surface area (Å²) in [4.78, 5) is 25.6. The van der Waals surface area contributed by atoms with E-state index in [1.54, 1.807) is 4.90 Å². The van der Waals surface area contributed by atoms with Crippen molar-refractivity contribution in [2.24, 2.45) is 0 Å². The van der Waals surface area contributed by atoms with Crippen molar-refractivity contribution in [2.45, 2.75) is 45.7 Å². The summed E-state index contributed by atoms with van der Waals surface area (Å²) in [5.74, 6) is -0.306. The van der Waals surface area contributed by atoms with Crippen LogP contribution in [-0.4, -0.2) is 29.9 Å². The monoisotopic (exact) mass is 275 g/mol. The Morgan fingerprint density at radius 1 is 1.30 bits per heavy atom. The Labute approximate surface area is 119 Å². The largest absolute Gasteiger partial charge is 0.467 e. The summed E-state index contributed by atoms with van der Waals surface area (Å²) in [7, 11) is 1.37. The molecule has 1 fully saturated rings. The molecule has 1 aromatic carbocycles. The van der Waals surface area contributed by atoms with E-state index in [0.717, 1.165) is 16.7 Å². The van der Waals surface area contributed by atoms with Gasteiger partial charge in [0.2, 0.25) is 5.91 Å². The SMILES string of the molecule is COC(=O)C1CCC(=O)N1C(C)c1cc(C)cc(C)c1. The number of nitrogens with zero attached hydrogens (tertiary/aromatic N) is 1. The average Bonchev–Trinajstić information content (AvgIpc) is 2.77. The molecule has 0 aromatic heterocycles. The summed E-state index contributed by atoms with van der Waals surface area (Å²) in [6.45, 7) is 6.03. The molecular weight excluding hydrogens is 254 g/mol. The zero-order chi connectivity index (χ0) is 14.9. The van der Waals surface area contributed by atoms with Gasteiger partial charge in [-0.2, -0.15) is 0 Å². The van der Waals surface area contributed by atoms with E-state index >= 15 is 0 Å². The number of methoxy groups -OCH3 is 1. The Balaban J connectivity index is 2.32. The highest BCUT2D eigenvalue weighted by atomic mass is 16.5. The van der Waals surface area contributed by atoms with Crippen LogP contribution in [0.2, 0.25) is 0 Å². The fourth-order valence-electron chi connectivity index (χ4n) is 2.97. The molecule has 108 valence electrons. The molecule has 1 heterocycles. The standard InChI is InChI=1S/C16H21NO3/c1-10-7-11(2)9-13(8-10)12(3)17-14(16(19)20-4)5-6-15(17)18/h7-9,12,14H,5-6H2,1-4H3. The molecule has 1 amide bonds. The Hall–Kier alpha value is -1.84. The van der Waals surface area contributed by atoms with E-state index in [2.05, 4.69) is 18.2 Å². The number of carbonyl (C=O) groups excluding carboxylic acids is 2. The van der Waals surface area contributed by atoms with Gasteiger partial charge >= 0.3 is 5.97 Å². The van der Waals surface area contributed by atoms with Crippen molar-refractivity contribution in [1.29, 1.82) is 0 Å². The van der Waals surface area contributed by atoms with Gasteiger partial charge < -0.3 is 9.64 Å². The molecule has 2 unspecified atom stereocenters. The van der Waals surface area contributed by atoms with Gasteiger partial charge in [0.15, 0.2) is 0 Å². The van der Waals surface area contributed by atoms with Crippen molar-refractivity contribution in [3.63, 3.8) is 0 Å². The number of amides is 1. The van der Waals surface area contributed by atoms with Crippen molar-refractivity contribution in [1.82, 2.24) is 4.90 Å². The first kappa shape index (κ1) is 14.6. The van der Waals surface area contributed by atoms with Crippen LogP contribution in [0.4, 0.5) is 0 Å². The lowest BCUT2D eigenvalue weighted by Gasteiger charge is -2.30. The molecule has 1 saturated heterocycles. The van der Waals surface area contributed by atoms with Gasteiger partial charge in [-0.05, 0) is 32.8 Å². The molecule has 1 aromatic rings. The zero-order valence-electron chi connectivity index (χ0n) is 12.5. The first-order chi connectivity index (χ1) is 9.43. The van der Waals surface area contributed by atoms with E-state index < -0.39 is 6.04 Å². The molecule has 0 N–H and O–H groups in total. The van der Waals surface area contributed by atoms with Gasteiger partial charge in [-0.25, -0.2) is 4.79 Å². The van der Waals surface area contributed by atoms with E-state index in [1.807, 2.05) is 20.8 Å². The van der Waals surface area contributed by atoms with E-state index in [-0.39, 0.29) is 17.9 Å². The molecule has 0 saturated carbocycles. The molecule has 4 nitrogen and oxygen atoms in total. The summed E-state index contributed by atoms with van der Waals surface area (Å²) >= 11 is 0. The smallest absolute Gasteiger partial charge is 0.328 e. The molecule has 0 spiro atoms. The summed E-state index contributed by atoms with van der Waals surface area (Å²) in [5, 5.41) is 0. The van der Waals surface area contributed by atoms with Crippen LogP contribution in [0.1, 0.15) is 42.5 Å². The third-order valence-corrected chi connectivity index (χ3v) is 3.87. The Bertz CT molecular complexity index is 518. The van der Waals surface area contributed by atoms with E-state index in [0.29, 0.717) is 12.8 Å². The van der Waals surface area contributed by atoms with Crippen molar-refractivity contribution in [2.75, 3.05) is 7.11 Å². The fourth-order valence-corrected chi connectivity index (χ4v) is 2.97. The van der Waals surface area contributed by atoms with Gasteiger partial charge in [0.1, 0.15) is 6.04 Å². The molecule has 20 heavy (non-hydrogen) atoms. The van der Waals surface area contributed by atoms with Crippen molar-refractivity contribution >= 4 is 11.9 Å². The minimum absolute atomic E-state index is 0.0204. The third-order valence-electron chi connectivity index (χ3n) is 3.87. The Morgan fingerprint density at radius 3 is 2.45 bits per heavy atom. The predicted octanol–water partition coefficient (Wildman–Crippen LogP) is 2.53. The highest BCUT2D eigenvalue weighted by Crippen LogP contribution is 2.31. The first-order valence-corrected chi connectivity index (χ1v) is 6.91. The maximum atomic E-state index is 12.1. The molecule has 1 aliphatic heterocycles. The lowest BCUT2D eigenvalue weighted by molar-refractivity contribution is -0.150. The minimum atomic E-state index is -0.455. The quantitative estimate of drug-likeness (QED) is 0.796. The van der Waals surface area contributed by atoms with Gasteiger partial charge in [-0.15, -0.1) is 0 Å². The number of carbonyl (C=O) groups is 2. The van der Waals surface area contributed by atoms with Crippen LogP contribution in [0.5, 0.6) is 0 Å². The molecular formula is C16H21NO3. The van der Waals surface area contributed by atoms with Crippen LogP contribution >= 0.6 is 0 Å². The summed E-state index contributed by atoms with van der Waals surface area (Å²) in [6.07, 6.45) is 0.954. The van der Waals surface area contributed by atoms with Crippen LogP contribution in [0.25, 0.3) is 0 Å². The Kier molecular flexibility index (Phi) is 4.12. The molecule has 0 radical (unpaired) electrons. The summed E-state index contributed by atoms with van der Waals surface area (Å²) in [6, 6.07) is 5.66. The lowest BCUT2D eigenvalue weighted by atomic mass is 10.0. The number of hydrogen-bond acceptors (Lipinski definition) is 3. The van der Waals surface area contributed by atoms with Gasteiger partial charge in [0.05, 0.1) is 13.2 Å². The summed E-state index contributed by atoms with van der Waals surface area (Å²) < 4.78 is 4.81. The van der Waals surface area contributed by atoms with Crippen LogP contribution in [0, 0.1) is 13.8 Å². The number of hydrogen-bond donors (Lipinski definition) is 0. The number of benzene rings is 1. The second kappa shape index (κ2) is 5.65.